The summed E-state index contributed by atoms with van der Waals surface area (Å²) in [6.45, 7) is 17.0. The summed E-state index contributed by atoms with van der Waals surface area (Å²) in [5.74, 6) is -3.00. The van der Waals surface area contributed by atoms with Gasteiger partial charge in [-0.2, -0.15) is 13.2 Å². The van der Waals surface area contributed by atoms with Gasteiger partial charge in [-0.15, -0.1) is 5.10 Å². The minimum absolute atomic E-state index is 0.0199. The Hall–Kier alpha value is -2.62. The molecule has 2 aromatic rings. The molecule has 75 heavy (non-hydrogen) atoms. The SMILES string of the molecule is CC[C@H]1OC(=O)[C@H](C)[C@@H](O[C@H]2C[C@@](C)(OC)[C@@H](O)[C@H](C)O2)[C@H](C)[C@@H](O[C@@H]2O[C@H](C)C[C@H](N(C)CCc3cn([C@H](CF)[C@H](OC)c4ccc(SC(F)(F)F)cc4)nn3)[C@H]2O)[C@](C)(O)C[C@@H](C)CN(C)[C@H](C)[C@@H](O)[C@]1(C)O. The van der Waals surface area contributed by atoms with Crippen LogP contribution in [0.3, 0.4) is 0 Å². The maximum absolute atomic E-state index is 14.7. The summed E-state index contributed by atoms with van der Waals surface area (Å²) < 4.78 is 98.7. The number of benzene rings is 1. The second-order valence-corrected chi connectivity index (χ2v) is 23.3. The van der Waals surface area contributed by atoms with E-state index in [0.29, 0.717) is 37.2 Å². The summed E-state index contributed by atoms with van der Waals surface area (Å²) in [4.78, 5) is 18.3. The number of esters is 1. The normalized spacial score (nSPS) is 39.1. The van der Waals surface area contributed by atoms with Gasteiger partial charge in [0.2, 0.25) is 0 Å². The third-order valence-corrected chi connectivity index (χ3v) is 16.7. The van der Waals surface area contributed by atoms with Crippen LogP contribution in [-0.4, -0.2) is 200 Å². The van der Waals surface area contributed by atoms with Crippen LogP contribution in [0.5, 0.6) is 0 Å². The fraction of sp³-hybridized carbons (Fsp3) is 0.827. The third-order valence-electron chi connectivity index (χ3n) is 15.9. The van der Waals surface area contributed by atoms with Crippen LogP contribution < -0.4 is 0 Å². The number of aromatic nitrogens is 3. The van der Waals surface area contributed by atoms with Gasteiger partial charge in [0.05, 0.1) is 47.2 Å². The largest absolute Gasteiger partial charge is 0.459 e. The fourth-order valence-corrected chi connectivity index (χ4v) is 11.9. The smallest absolute Gasteiger partial charge is 0.446 e. The summed E-state index contributed by atoms with van der Waals surface area (Å²) >= 11 is -0.250. The molecule has 5 N–H and O–H groups in total. The van der Waals surface area contributed by atoms with E-state index in [1.54, 1.807) is 61.7 Å². The number of halogens is 4. The molecule has 1 aromatic heterocycles. The van der Waals surface area contributed by atoms with Crippen molar-refractivity contribution < 1.29 is 81.0 Å². The molecule has 0 spiro atoms. The van der Waals surface area contributed by atoms with Crippen molar-refractivity contribution in [1.29, 1.82) is 0 Å². The van der Waals surface area contributed by atoms with Crippen molar-refractivity contribution in [2.75, 3.05) is 48.1 Å². The molecule has 23 heteroatoms. The Balaban J connectivity index is 1.43. The Kier molecular flexibility index (Phi) is 22.0. The molecule has 3 fully saturated rings. The van der Waals surface area contributed by atoms with Crippen LogP contribution in [0.4, 0.5) is 17.6 Å². The Morgan fingerprint density at radius 2 is 1.63 bits per heavy atom. The lowest BCUT2D eigenvalue weighted by atomic mass is 9.77. The van der Waals surface area contributed by atoms with Gasteiger partial charge in [0.25, 0.3) is 0 Å². The van der Waals surface area contributed by atoms with Gasteiger partial charge in [0.15, 0.2) is 12.6 Å². The lowest BCUT2D eigenvalue weighted by Gasteiger charge is -2.49. The van der Waals surface area contributed by atoms with Crippen molar-refractivity contribution in [2.24, 2.45) is 17.8 Å². The zero-order valence-electron chi connectivity index (χ0n) is 46.0. The number of nitrogens with zero attached hydrogens (tertiary/aromatic N) is 5. The van der Waals surface area contributed by atoms with Crippen LogP contribution in [-0.2, 0) is 44.4 Å². The first-order chi connectivity index (χ1) is 34.9. The molecule has 4 heterocycles. The standard InChI is InChI=1S/C52H85F4N5O13S/c1-15-39-51(10,67)44(63)32(6)60(12)26-28(2)23-49(8,66)46(30(4)42(31(5)47(65)72-39)73-40-24-50(9,69-14)45(64)33(7)71-40)74-48-41(62)37(22-29(3)70-48)59(11)21-20-35-27-61(58-57-35)38(25-53)43(68-13)34-16-18-36(19-17-34)75-52(54,55)56/h16-19,27-33,37-46,48,62-64,66-67H,15,20-26H2,1-14H3/t28-,29-,30+,31-,32-,33+,37+,38-,39-,40+,41-,42+,43-,44-,45+,46-,48+,49-,50-,51-/m1/s1. The van der Waals surface area contributed by atoms with Crippen LogP contribution in [0.25, 0.3) is 0 Å². The lowest BCUT2D eigenvalue weighted by molar-refractivity contribution is -0.318. The molecule has 0 radical (unpaired) electrons. The van der Waals surface area contributed by atoms with E-state index < -0.39 is 132 Å². The molecule has 1 aromatic carbocycles. The Morgan fingerprint density at radius 1 is 0.973 bits per heavy atom. The third kappa shape index (κ3) is 15.4. The van der Waals surface area contributed by atoms with Crippen molar-refractivity contribution in [3.8, 4) is 0 Å². The van der Waals surface area contributed by atoms with Gasteiger partial charge in [-0.25, -0.2) is 9.07 Å². The number of methoxy groups -OCH3 is 2. The van der Waals surface area contributed by atoms with Gasteiger partial charge < -0.3 is 68.5 Å². The number of carbonyl (C=O) groups excluding carboxylic acids is 1. The lowest BCUT2D eigenvalue weighted by Crippen LogP contribution is -2.61. The van der Waals surface area contributed by atoms with E-state index >= 15 is 0 Å². The molecule has 430 valence electrons. The van der Waals surface area contributed by atoms with Crippen LogP contribution in [0, 0.1) is 17.8 Å². The summed E-state index contributed by atoms with van der Waals surface area (Å²) in [6, 6.07) is 3.37. The van der Waals surface area contributed by atoms with Crippen molar-refractivity contribution in [3.63, 3.8) is 0 Å². The molecule has 20 atom stereocenters. The van der Waals surface area contributed by atoms with Crippen LogP contribution in [0.1, 0.15) is 118 Å². The number of aliphatic hydroxyl groups excluding tert-OH is 3. The fourth-order valence-electron chi connectivity index (χ4n) is 11.4. The first-order valence-corrected chi connectivity index (χ1v) is 26.8. The zero-order chi connectivity index (χ0) is 56.1. The predicted molar refractivity (Wildman–Crippen MR) is 270 cm³/mol. The quantitative estimate of drug-likeness (QED) is 0.0783. The maximum Gasteiger partial charge on any atom is 0.446 e. The first kappa shape index (κ1) is 63.2. The number of thioether (sulfide) groups is 1. The second-order valence-electron chi connectivity index (χ2n) is 22.1. The number of hydrogen-bond donors (Lipinski definition) is 5. The minimum atomic E-state index is -4.46. The molecule has 0 unspecified atom stereocenters. The summed E-state index contributed by atoms with van der Waals surface area (Å²) in [5.41, 5.74) is -8.18. The Labute approximate surface area is 444 Å². The Bertz CT molecular complexity index is 2100. The van der Waals surface area contributed by atoms with E-state index in [1.165, 1.54) is 50.1 Å². The number of likely N-dealkylation sites (N-methyl/N-ethyl adjacent to an activating group) is 2. The molecule has 3 saturated heterocycles. The molecular formula is C52H85F4N5O13S. The molecule has 18 nitrogen and oxygen atoms in total. The highest BCUT2D eigenvalue weighted by molar-refractivity contribution is 8.00. The topological polar surface area (TPSA) is 220 Å². The number of hydrogen-bond acceptors (Lipinski definition) is 18. The average Bonchev–Trinajstić information content (AvgIpc) is 3.81. The monoisotopic (exact) mass is 1100 g/mol. The van der Waals surface area contributed by atoms with E-state index in [1.807, 2.05) is 30.7 Å². The van der Waals surface area contributed by atoms with E-state index in [9.17, 15) is 47.9 Å². The highest BCUT2D eigenvalue weighted by atomic mass is 32.2. The van der Waals surface area contributed by atoms with Gasteiger partial charge in [0, 0.05) is 69.2 Å². The van der Waals surface area contributed by atoms with E-state index in [0.717, 1.165) is 0 Å². The summed E-state index contributed by atoms with van der Waals surface area (Å²) in [6.07, 6.45) is -8.94. The number of ether oxygens (including phenoxy) is 7. The summed E-state index contributed by atoms with van der Waals surface area (Å²) in [7, 11) is 6.48. The molecular weight excluding hydrogens is 1010 g/mol. The number of carbonyl (C=O) groups is 1. The van der Waals surface area contributed by atoms with Gasteiger partial charge in [-0.3, -0.25) is 4.79 Å². The highest BCUT2D eigenvalue weighted by Crippen LogP contribution is 2.42. The summed E-state index contributed by atoms with van der Waals surface area (Å²) in [5, 5.41) is 68.2. The number of cyclic esters (lactones) is 1. The van der Waals surface area contributed by atoms with E-state index in [2.05, 4.69) is 10.3 Å². The molecule has 0 aliphatic carbocycles. The Morgan fingerprint density at radius 3 is 2.21 bits per heavy atom. The number of rotatable bonds is 16. The van der Waals surface area contributed by atoms with Gasteiger partial charge in [-0.1, -0.05) is 38.1 Å². The minimum Gasteiger partial charge on any atom is -0.459 e. The van der Waals surface area contributed by atoms with Gasteiger partial charge in [0.1, 0.15) is 48.8 Å². The molecule has 5 rings (SSSR count). The second kappa shape index (κ2) is 26.1. The van der Waals surface area contributed by atoms with Crippen LogP contribution in [0.2, 0.25) is 0 Å². The van der Waals surface area contributed by atoms with Crippen LogP contribution >= 0.6 is 11.8 Å². The highest BCUT2D eigenvalue weighted by Gasteiger charge is 2.53. The average molecular weight is 1100 g/mol. The zero-order valence-corrected chi connectivity index (χ0v) is 46.8. The van der Waals surface area contributed by atoms with Crippen molar-refractivity contribution >= 4 is 17.7 Å². The van der Waals surface area contributed by atoms with Crippen molar-refractivity contribution in [2.45, 2.75) is 214 Å². The molecule has 0 saturated carbocycles. The predicted octanol–water partition coefficient (Wildman–Crippen LogP) is 5.62. The van der Waals surface area contributed by atoms with Crippen molar-refractivity contribution in [1.82, 2.24) is 24.8 Å². The molecule has 3 aliphatic heterocycles. The van der Waals surface area contributed by atoms with E-state index in [4.69, 9.17) is 33.2 Å². The maximum atomic E-state index is 14.7. The van der Waals surface area contributed by atoms with Gasteiger partial charge >= 0.3 is 11.5 Å². The molecule has 3 aliphatic rings. The number of aliphatic hydroxyl groups is 5. The first-order valence-electron chi connectivity index (χ1n) is 26.0. The molecule has 0 bridgehead atoms. The van der Waals surface area contributed by atoms with Crippen molar-refractivity contribution in [3.05, 3.63) is 41.7 Å². The van der Waals surface area contributed by atoms with E-state index in [-0.39, 0.29) is 41.8 Å². The molecule has 0 amide bonds. The van der Waals surface area contributed by atoms with Crippen LogP contribution in [0.15, 0.2) is 35.4 Å². The number of alkyl halides is 4. The van der Waals surface area contributed by atoms with Gasteiger partial charge in [-0.05, 0) is 117 Å².